The van der Waals surface area contributed by atoms with Gasteiger partial charge in [0.05, 0.1) is 23.8 Å². The van der Waals surface area contributed by atoms with Gasteiger partial charge in [-0.25, -0.2) is 4.79 Å². The number of carbonyl (C=O) groups excluding carboxylic acids is 3. The third kappa shape index (κ3) is 6.93. The molecule has 0 bridgehead atoms. The molecule has 0 atom stereocenters. The quantitative estimate of drug-likeness (QED) is 0.582. The topological polar surface area (TPSA) is 84.9 Å². The lowest BCUT2D eigenvalue weighted by Crippen LogP contribution is -2.37. The van der Waals surface area contributed by atoms with Crippen LogP contribution in [0.4, 0.5) is 5.69 Å². The fraction of sp³-hybridized carbons (Fsp3) is 0.348. The van der Waals surface area contributed by atoms with E-state index in [1.165, 1.54) is 31.0 Å². The van der Waals surface area contributed by atoms with Crippen molar-refractivity contribution in [2.75, 3.05) is 44.1 Å². The molecule has 2 aromatic rings. The zero-order valence-corrected chi connectivity index (χ0v) is 19.7. The summed E-state index contributed by atoms with van der Waals surface area (Å²) in [5, 5.41) is 2.70. The molecule has 9 heteroatoms. The number of esters is 1. The second kappa shape index (κ2) is 11.8. The van der Waals surface area contributed by atoms with Crippen LogP contribution < -0.4 is 10.1 Å². The van der Waals surface area contributed by atoms with E-state index >= 15 is 0 Å². The molecule has 2 aromatic carbocycles. The number of anilines is 1. The first kappa shape index (κ1) is 24.0. The molecule has 0 unspecified atom stereocenters. The van der Waals surface area contributed by atoms with Gasteiger partial charge in [-0.2, -0.15) is 0 Å². The van der Waals surface area contributed by atoms with Gasteiger partial charge in [-0.3, -0.25) is 9.59 Å². The van der Waals surface area contributed by atoms with E-state index in [1.807, 2.05) is 35.7 Å². The van der Waals surface area contributed by atoms with Crippen LogP contribution in [0.25, 0.3) is 0 Å². The molecule has 32 heavy (non-hydrogen) atoms. The lowest BCUT2D eigenvalue weighted by molar-refractivity contribution is -0.136. The van der Waals surface area contributed by atoms with Crippen molar-refractivity contribution >= 4 is 47.0 Å². The molecule has 3 rings (SSSR count). The van der Waals surface area contributed by atoms with Crippen LogP contribution in [-0.2, 0) is 14.3 Å². The number of ether oxygens (including phenoxy) is 2. The van der Waals surface area contributed by atoms with Crippen molar-refractivity contribution in [3.63, 3.8) is 0 Å². The van der Waals surface area contributed by atoms with Crippen LogP contribution in [0, 0.1) is 0 Å². The summed E-state index contributed by atoms with van der Waals surface area (Å²) >= 11 is 3.83. The Bertz CT molecular complexity index is 946. The minimum atomic E-state index is -0.567. The zero-order chi connectivity index (χ0) is 22.9. The highest BCUT2D eigenvalue weighted by Crippen LogP contribution is 2.43. The Kier molecular flexibility index (Phi) is 8.87. The molecule has 0 spiro atoms. The number of nitrogens with zero attached hydrogens (tertiary/aromatic N) is 1. The summed E-state index contributed by atoms with van der Waals surface area (Å²) in [6, 6.07) is 14.2. The van der Waals surface area contributed by atoms with E-state index in [2.05, 4.69) is 5.32 Å². The van der Waals surface area contributed by atoms with Crippen molar-refractivity contribution in [1.29, 1.82) is 0 Å². The summed E-state index contributed by atoms with van der Waals surface area (Å²) in [6.07, 6.45) is 1.22. The van der Waals surface area contributed by atoms with Crippen LogP contribution in [-0.4, -0.2) is 61.5 Å². The molecular formula is C23H26N2O5S2. The molecule has 0 aliphatic carbocycles. The van der Waals surface area contributed by atoms with Crippen LogP contribution in [0.5, 0.6) is 5.75 Å². The van der Waals surface area contributed by atoms with Crippen LogP contribution in [0.15, 0.2) is 48.5 Å². The minimum Gasteiger partial charge on any atom is -0.497 e. The molecule has 1 aliphatic heterocycles. The molecule has 1 N–H and O–H groups in total. The van der Waals surface area contributed by atoms with Gasteiger partial charge in [0.2, 0.25) is 5.91 Å². The lowest BCUT2D eigenvalue weighted by Gasteiger charge is -2.21. The monoisotopic (exact) mass is 474 g/mol. The van der Waals surface area contributed by atoms with Gasteiger partial charge in [0, 0.05) is 18.8 Å². The van der Waals surface area contributed by atoms with Crippen molar-refractivity contribution < 1.29 is 23.9 Å². The van der Waals surface area contributed by atoms with Crippen molar-refractivity contribution in [1.82, 2.24) is 4.90 Å². The zero-order valence-electron chi connectivity index (χ0n) is 18.0. The van der Waals surface area contributed by atoms with Crippen molar-refractivity contribution in [3.8, 4) is 5.75 Å². The molecule has 1 saturated heterocycles. The highest BCUT2D eigenvalue weighted by atomic mass is 32.2. The number of likely N-dealkylation sites (N-methyl/N-ethyl adjacent to an activating group) is 1. The first-order valence-electron chi connectivity index (χ1n) is 10.1. The summed E-state index contributed by atoms with van der Waals surface area (Å²) in [6.45, 7) is -0.600. The summed E-state index contributed by atoms with van der Waals surface area (Å²) < 4.78 is 10.7. The number of carbonyl (C=O) groups is 3. The molecule has 1 fully saturated rings. The number of hydrogen-bond acceptors (Lipinski definition) is 7. The predicted molar refractivity (Wildman–Crippen MR) is 128 cm³/mol. The number of hydrogen-bond donors (Lipinski definition) is 1. The molecule has 0 saturated carbocycles. The second-order valence-corrected chi connectivity index (χ2v) is 9.88. The summed E-state index contributed by atoms with van der Waals surface area (Å²) in [5.74, 6) is 1.51. The van der Waals surface area contributed by atoms with Crippen LogP contribution in [0.2, 0.25) is 0 Å². The molecule has 170 valence electrons. The number of thioether (sulfide) groups is 2. The number of methoxy groups -OCH3 is 1. The first-order chi connectivity index (χ1) is 15.5. The van der Waals surface area contributed by atoms with Crippen molar-refractivity contribution in [2.24, 2.45) is 0 Å². The maximum atomic E-state index is 12.3. The van der Waals surface area contributed by atoms with E-state index in [9.17, 15) is 14.4 Å². The number of amides is 2. The SMILES string of the molecule is COc1cccc(NC(=O)CN(C)C(=O)COC(=O)c2ccc(C3SCCCS3)cc2)c1. The van der Waals surface area contributed by atoms with Crippen molar-refractivity contribution in [3.05, 3.63) is 59.7 Å². The van der Waals surface area contributed by atoms with Crippen LogP contribution in [0.3, 0.4) is 0 Å². The average molecular weight is 475 g/mol. The lowest BCUT2D eigenvalue weighted by atomic mass is 10.1. The molecule has 0 radical (unpaired) electrons. The Morgan fingerprint density at radius 1 is 1.09 bits per heavy atom. The van der Waals surface area contributed by atoms with Crippen LogP contribution >= 0.6 is 23.5 Å². The molecule has 1 aliphatic rings. The van der Waals surface area contributed by atoms with E-state index in [4.69, 9.17) is 9.47 Å². The van der Waals surface area contributed by atoms with Gasteiger partial charge >= 0.3 is 5.97 Å². The first-order valence-corrected chi connectivity index (χ1v) is 12.2. The minimum absolute atomic E-state index is 0.168. The Hall–Kier alpha value is -2.65. The summed E-state index contributed by atoms with van der Waals surface area (Å²) in [7, 11) is 3.02. The molecule has 1 heterocycles. The summed E-state index contributed by atoms with van der Waals surface area (Å²) in [4.78, 5) is 38.0. The van der Waals surface area contributed by atoms with Gasteiger partial charge in [-0.15, -0.1) is 23.5 Å². The fourth-order valence-electron chi connectivity index (χ4n) is 2.98. The van der Waals surface area contributed by atoms with Gasteiger partial charge in [0.25, 0.3) is 5.91 Å². The molecule has 0 aromatic heterocycles. The van der Waals surface area contributed by atoms with Crippen molar-refractivity contribution in [2.45, 2.75) is 11.0 Å². The average Bonchev–Trinajstić information content (AvgIpc) is 2.83. The number of rotatable bonds is 8. The second-order valence-electron chi connectivity index (χ2n) is 7.16. The molecule has 2 amide bonds. The Morgan fingerprint density at radius 2 is 1.81 bits per heavy atom. The van der Waals surface area contributed by atoms with E-state index in [-0.39, 0.29) is 12.5 Å². The normalized spacial score (nSPS) is 13.8. The fourth-order valence-corrected chi connectivity index (χ4v) is 5.88. The van der Waals surface area contributed by atoms with E-state index in [1.54, 1.807) is 36.4 Å². The third-order valence-electron chi connectivity index (χ3n) is 4.73. The predicted octanol–water partition coefficient (Wildman–Crippen LogP) is 3.82. The largest absolute Gasteiger partial charge is 0.497 e. The maximum absolute atomic E-state index is 12.3. The van der Waals surface area contributed by atoms with Gasteiger partial charge in [0.15, 0.2) is 6.61 Å². The Morgan fingerprint density at radius 3 is 2.50 bits per heavy atom. The number of nitrogens with one attached hydrogen (secondary N) is 1. The molecule has 7 nitrogen and oxygen atoms in total. The van der Waals surface area contributed by atoms with E-state index in [0.717, 1.165) is 11.5 Å². The van der Waals surface area contributed by atoms with E-state index in [0.29, 0.717) is 21.6 Å². The maximum Gasteiger partial charge on any atom is 0.338 e. The van der Waals surface area contributed by atoms with E-state index < -0.39 is 18.5 Å². The smallest absolute Gasteiger partial charge is 0.338 e. The van der Waals surface area contributed by atoms with Gasteiger partial charge in [-0.1, -0.05) is 18.2 Å². The molecular weight excluding hydrogens is 448 g/mol. The number of benzene rings is 2. The third-order valence-corrected chi connectivity index (χ3v) is 7.75. The van der Waals surface area contributed by atoms with Gasteiger partial charge in [0.1, 0.15) is 5.75 Å². The standard InChI is InChI=1S/C23H26N2O5S2/c1-25(14-20(26)24-18-5-3-6-19(13-18)29-2)21(27)15-30-22(28)16-7-9-17(10-8-16)23-31-11-4-12-32-23/h3,5-10,13,23H,4,11-12,14-15H2,1-2H3,(H,24,26). The Balaban J connectivity index is 1.44. The highest BCUT2D eigenvalue weighted by molar-refractivity contribution is 8.16. The highest BCUT2D eigenvalue weighted by Gasteiger charge is 2.19. The van der Waals surface area contributed by atoms with Gasteiger partial charge < -0.3 is 19.7 Å². The van der Waals surface area contributed by atoms with Gasteiger partial charge in [-0.05, 0) is 47.8 Å². The summed E-state index contributed by atoms with van der Waals surface area (Å²) in [5.41, 5.74) is 2.13. The Labute approximate surface area is 196 Å². The van der Waals surface area contributed by atoms with Crippen LogP contribution in [0.1, 0.15) is 26.9 Å².